The lowest BCUT2D eigenvalue weighted by atomic mass is 10.1. The van der Waals surface area contributed by atoms with Gasteiger partial charge >= 0.3 is 0 Å². The normalized spacial score (nSPS) is 11.9. The van der Waals surface area contributed by atoms with Gasteiger partial charge in [0.15, 0.2) is 0 Å². The number of carbonyl (C=O) groups is 1. The lowest BCUT2D eigenvalue weighted by molar-refractivity contribution is -0.117. The molecular weight excluding hydrogens is 372 g/mol. The molecule has 3 aromatic rings. The molecule has 5 nitrogen and oxygen atoms in total. The molecule has 154 valence electrons. The van der Waals surface area contributed by atoms with E-state index in [4.69, 9.17) is 0 Å². The predicted octanol–water partition coefficient (Wildman–Crippen LogP) is 4.66. The van der Waals surface area contributed by atoms with E-state index in [1.807, 2.05) is 78.9 Å². The zero-order valence-corrected chi connectivity index (χ0v) is 18.0. The van der Waals surface area contributed by atoms with Gasteiger partial charge in [0.2, 0.25) is 5.91 Å². The van der Waals surface area contributed by atoms with Gasteiger partial charge in [-0.1, -0.05) is 60.7 Å². The lowest BCUT2D eigenvalue weighted by Gasteiger charge is -2.24. The Hall–Kier alpha value is -3.36. The van der Waals surface area contributed by atoms with Crippen molar-refractivity contribution in [3.63, 3.8) is 0 Å². The van der Waals surface area contributed by atoms with E-state index in [0.29, 0.717) is 17.9 Å². The fourth-order valence-electron chi connectivity index (χ4n) is 3.62. The number of hydrogen-bond donors (Lipinski definition) is 1. The van der Waals surface area contributed by atoms with Gasteiger partial charge in [-0.3, -0.25) is 9.69 Å². The zero-order valence-electron chi connectivity index (χ0n) is 18.0. The second-order valence-electron chi connectivity index (χ2n) is 7.67. The van der Waals surface area contributed by atoms with Crippen LogP contribution in [0.25, 0.3) is 0 Å². The van der Waals surface area contributed by atoms with Gasteiger partial charge in [0.1, 0.15) is 11.9 Å². The zero-order chi connectivity index (χ0) is 21.7. The van der Waals surface area contributed by atoms with Crippen LogP contribution in [0.15, 0.2) is 60.7 Å². The van der Waals surface area contributed by atoms with Crippen molar-refractivity contribution >= 4 is 11.7 Å². The van der Waals surface area contributed by atoms with Crippen LogP contribution in [0.4, 0.5) is 5.82 Å². The largest absolute Gasteiger partial charge is 0.326 e. The highest BCUT2D eigenvalue weighted by molar-refractivity contribution is 5.93. The third-order valence-electron chi connectivity index (χ3n) is 5.72. The Morgan fingerprint density at radius 1 is 1.10 bits per heavy atom. The molecule has 0 saturated carbocycles. The Morgan fingerprint density at radius 3 is 2.30 bits per heavy atom. The fourth-order valence-corrected chi connectivity index (χ4v) is 3.62. The van der Waals surface area contributed by atoms with E-state index < -0.39 is 0 Å². The summed E-state index contributed by atoms with van der Waals surface area (Å²) in [7, 11) is 1.93. The highest BCUT2D eigenvalue weighted by Crippen LogP contribution is 2.27. The van der Waals surface area contributed by atoms with Gasteiger partial charge in [-0.25, -0.2) is 0 Å². The standard InChI is InChI=1S/C25H28N4O/c1-18-19(2)29(16-21-11-7-5-8-12-21)25(23(18)15-26)27-24(30)17-28(4)20(3)22-13-9-6-10-14-22/h5-14,20H,16-17H2,1-4H3,(H,27,30). The summed E-state index contributed by atoms with van der Waals surface area (Å²) in [5, 5.41) is 12.7. The van der Waals surface area contributed by atoms with Gasteiger partial charge in [0.25, 0.3) is 0 Å². The molecule has 1 N–H and O–H groups in total. The van der Waals surface area contributed by atoms with Gasteiger partial charge in [-0.05, 0) is 44.5 Å². The Balaban J connectivity index is 1.80. The third-order valence-corrected chi connectivity index (χ3v) is 5.72. The Bertz CT molecular complexity index is 1050. The van der Waals surface area contributed by atoms with Crippen LogP contribution in [0, 0.1) is 25.2 Å². The van der Waals surface area contributed by atoms with Crippen molar-refractivity contribution in [2.24, 2.45) is 0 Å². The first-order valence-electron chi connectivity index (χ1n) is 10.1. The molecule has 0 spiro atoms. The SMILES string of the molecule is Cc1c(C#N)c(NC(=O)CN(C)C(C)c2ccccc2)n(Cc2ccccc2)c1C. The number of likely N-dealkylation sites (N-methyl/N-ethyl adjacent to an activating group) is 1. The molecule has 0 fully saturated rings. The van der Waals surface area contributed by atoms with E-state index in [1.165, 1.54) is 0 Å². The molecule has 0 saturated heterocycles. The minimum Gasteiger partial charge on any atom is -0.326 e. The Labute approximate surface area is 178 Å². The summed E-state index contributed by atoms with van der Waals surface area (Å²) in [6.45, 7) is 6.82. The number of hydrogen-bond acceptors (Lipinski definition) is 3. The van der Waals surface area contributed by atoms with Crippen LogP contribution < -0.4 is 5.32 Å². The number of aromatic nitrogens is 1. The molecule has 3 rings (SSSR count). The molecule has 1 aromatic heterocycles. The van der Waals surface area contributed by atoms with Gasteiger partial charge in [0.05, 0.1) is 12.1 Å². The van der Waals surface area contributed by atoms with Crippen LogP contribution in [-0.4, -0.2) is 29.0 Å². The maximum absolute atomic E-state index is 12.9. The van der Waals surface area contributed by atoms with E-state index in [1.54, 1.807) is 0 Å². The molecule has 1 amide bonds. The lowest BCUT2D eigenvalue weighted by Crippen LogP contribution is -2.33. The second-order valence-corrected chi connectivity index (χ2v) is 7.67. The first-order valence-corrected chi connectivity index (χ1v) is 10.1. The van der Waals surface area contributed by atoms with Crippen molar-refractivity contribution in [2.75, 3.05) is 18.9 Å². The van der Waals surface area contributed by atoms with Crippen molar-refractivity contribution < 1.29 is 4.79 Å². The molecule has 1 heterocycles. The third kappa shape index (κ3) is 4.61. The molecule has 2 aromatic carbocycles. The quantitative estimate of drug-likeness (QED) is 0.628. The molecule has 0 bridgehead atoms. The summed E-state index contributed by atoms with van der Waals surface area (Å²) in [6.07, 6.45) is 0. The number of nitriles is 1. The molecule has 0 aliphatic heterocycles. The van der Waals surface area contributed by atoms with Crippen molar-refractivity contribution in [1.29, 1.82) is 5.26 Å². The van der Waals surface area contributed by atoms with Crippen LogP contribution in [0.2, 0.25) is 0 Å². The first-order chi connectivity index (χ1) is 14.4. The number of carbonyl (C=O) groups excluding carboxylic acids is 1. The summed E-state index contributed by atoms with van der Waals surface area (Å²) < 4.78 is 2.02. The molecule has 0 aliphatic rings. The van der Waals surface area contributed by atoms with E-state index in [0.717, 1.165) is 22.4 Å². The van der Waals surface area contributed by atoms with Crippen molar-refractivity contribution in [2.45, 2.75) is 33.4 Å². The van der Waals surface area contributed by atoms with Crippen molar-refractivity contribution in [3.05, 3.63) is 88.6 Å². The predicted molar refractivity (Wildman–Crippen MR) is 120 cm³/mol. The molecule has 5 heteroatoms. The minimum atomic E-state index is -0.136. The monoisotopic (exact) mass is 400 g/mol. The van der Waals surface area contributed by atoms with Gasteiger partial charge in [-0.15, -0.1) is 0 Å². The summed E-state index contributed by atoms with van der Waals surface area (Å²) in [6, 6.07) is 22.5. The van der Waals surface area contributed by atoms with Gasteiger partial charge in [-0.2, -0.15) is 5.26 Å². The number of benzene rings is 2. The number of nitrogens with one attached hydrogen (secondary N) is 1. The molecule has 1 atom stereocenters. The van der Waals surface area contributed by atoms with Crippen molar-refractivity contribution in [3.8, 4) is 6.07 Å². The topological polar surface area (TPSA) is 61.1 Å². The van der Waals surface area contributed by atoms with Crippen LogP contribution in [-0.2, 0) is 11.3 Å². The smallest absolute Gasteiger partial charge is 0.239 e. The first kappa shape index (κ1) is 21.4. The molecular formula is C25H28N4O. The van der Waals surface area contributed by atoms with E-state index in [-0.39, 0.29) is 18.5 Å². The maximum atomic E-state index is 12.9. The number of nitrogens with zero attached hydrogens (tertiary/aromatic N) is 3. The molecule has 0 aliphatic carbocycles. The van der Waals surface area contributed by atoms with E-state index in [2.05, 4.69) is 30.4 Å². The summed E-state index contributed by atoms with van der Waals surface area (Å²) in [5.41, 5.74) is 4.68. The fraction of sp³-hybridized carbons (Fsp3) is 0.280. The number of amides is 1. The van der Waals surface area contributed by atoms with Crippen LogP contribution >= 0.6 is 0 Å². The molecule has 30 heavy (non-hydrogen) atoms. The second kappa shape index (κ2) is 9.43. The maximum Gasteiger partial charge on any atom is 0.239 e. The average Bonchev–Trinajstić information content (AvgIpc) is 2.98. The van der Waals surface area contributed by atoms with Crippen LogP contribution in [0.1, 0.15) is 40.9 Å². The highest BCUT2D eigenvalue weighted by atomic mass is 16.2. The number of rotatable bonds is 7. The molecule has 0 radical (unpaired) electrons. The van der Waals surface area contributed by atoms with Crippen LogP contribution in [0.5, 0.6) is 0 Å². The molecule has 1 unspecified atom stereocenters. The van der Waals surface area contributed by atoms with E-state index in [9.17, 15) is 10.1 Å². The summed E-state index contributed by atoms with van der Waals surface area (Å²) in [5.74, 6) is 0.436. The average molecular weight is 401 g/mol. The summed E-state index contributed by atoms with van der Waals surface area (Å²) in [4.78, 5) is 14.9. The number of anilines is 1. The van der Waals surface area contributed by atoms with Crippen LogP contribution in [0.3, 0.4) is 0 Å². The minimum absolute atomic E-state index is 0.104. The Morgan fingerprint density at radius 2 is 1.70 bits per heavy atom. The van der Waals surface area contributed by atoms with E-state index >= 15 is 0 Å². The van der Waals surface area contributed by atoms with Gasteiger partial charge < -0.3 is 9.88 Å². The highest BCUT2D eigenvalue weighted by Gasteiger charge is 2.21. The van der Waals surface area contributed by atoms with Gasteiger partial charge in [0, 0.05) is 18.3 Å². The Kier molecular flexibility index (Phi) is 6.71. The van der Waals surface area contributed by atoms with Crippen molar-refractivity contribution in [1.82, 2.24) is 9.47 Å². The summed E-state index contributed by atoms with van der Waals surface area (Å²) >= 11 is 0.